The van der Waals surface area contributed by atoms with Crippen LogP contribution in [0.4, 0.5) is 0 Å². The average Bonchev–Trinajstić information content (AvgIpc) is 3.26. The van der Waals surface area contributed by atoms with E-state index in [4.69, 9.17) is 0 Å². The lowest BCUT2D eigenvalue weighted by Gasteiger charge is -2.36. The summed E-state index contributed by atoms with van der Waals surface area (Å²) in [6.07, 6.45) is 5.84. The van der Waals surface area contributed by atoms with Crippen molar-refractivity contribution in [2.45, 2.75) is 38.3 Å². The Bertz CT molecular complexity index is 773. The van der Waals surface area contributed by atoms with Gasteiger partial charge >= 0.3 is 0 Å². The highest BCUT2D eigenvalue weighted by molar-refractivity contribution is 5.94. The van der Waals surface area contributed by atoms with Crippen LogP contribution in [0.5, 0.6) is 0 Å². The van der Waals surface area contributed by atoms with Crippen molar-refractivity contribution in [3.8, 4) is 0 Å². The van der Waals surface area contributed by atoms with Gasteiger partial charge in [0.2, 0.25) is 5.91 Å². The number of aromatic nitrogens is 2. The highest BCUT2D eigenvalue weighted by Crippen LogP contribution is 2.27. The van der Waals surface area contributed by atoms with E-state index in [1.165, 1.54) is 0 Å². The van der Waals surface area contributed by atoms with E-state index in [1.807, 2.05) is 37.4 Å². The molecule has 0 spiro atoms. The quantitative estimate of drug-likeness (QED) is 0.655. The number of hydrogen-bond donors (Lipinski definition) is 3. The molecule has 1 aromatic heterocycles. The van der Waals surface area contributed by atoms with Gasteiger partial charge in [-0.25, -0.2) is 0 Å². The van der Waals surface area contributed by atoms with Gasteiger partial charge in [-0.1, -0.05) is 19.1 Å². The zero-order chi connectivity index (χ0) is 19.1. The molecule has 0 radical (unpaired) electrons. The molecule has 0 bridgehead atoms. The molecule has 0 saturated carbocycles. The second-order valence-corrected chi connectivity index (χ2v) is 6.87. The zero-order valence-corrected chi connectivity index (χ0v) is 16.9. The van der Waals surface area contributed by atoms with Crippen LogP contribution in [0.3, 0.4) is 0 Å². The van der Waals surface area contributed by atoms with E-state index in [-0.39, 0.29) is 24.2 Å². The summed E-state index contributed by atoms with van der Waals surface area (Å²) in [5, 5.41) is 13.6. The second-order valence-electron chi connectivity index (χ2n) is 6.87. The van der Waals surface area contributed by atoms with Crippen LogP contribution in [0.15, 0.2) is 42.7 Å². The molecular weight excluding hydrogens is 378 g/mol. The normalized spacial score (nSPS) is 15.3. The third kappa shape index (κ3) is 4.91. The Morgan fingerprint density at radius 3 is 2.68 bits per heavy atom. The fraction of sp³-hybridized carbons (Fsp3) is 0.450. The van der Waals surface area contributed by atoms with Gasteiger partial charge in [-0.3, -0.25) is 14.3 Å². The lowest BCUT2D eigenvalue weighted by molar-refractivity contribution is -0.132. The number of halogens is 1. The second kappa shape index (κ2) is 10.2. The number of benzene rings is 1. The van der Waals surface area contributed by atoms with Gasteiger partial charge in [0.1, 0.15) is 5.54 Å². The molecule has 1 fully saturated rings. The van der Waals surface area contributed by atoms with E-state index in [2.05, 4.69) is 21.0 Å². The molecule has 1 aromatic carbocycles. The predicted octanol–water partition coefficient (Wildman–Crippen LogP) is 1.84. The Kier molecular flexibility index (Phi) is 8.02. The highest BCUT2D eigenvalue weighted by Gasteiger charge is 2.41. The maximum atomic E-state index is 13.1. The Morgan fingerprint density at radius 1 is 1.21 bits per heavy atom. The fourth-order valence-corrected chi connectivity index (χ4v) is 3.43. The topological polar surface area (TPSA) is 88.1 Å². The van der Waals surface area contributed by atoms with Crippen molar-refractivity contribution in [2.75, 3.05) is 19.6 Å². The van der Waals surface area contributed by atoms with Crippen molar-refractivity contribution < 1.29 is 9.59 Å². The molecular formula is C20H28ClN5O2. The lowest BCUT2D eigenvalue weighted by atomic mass is 9.87. The molecule has 0 aliphatic carbocycles. The summed E-state index contributed by atoms with van der Waals surface area (Å²) in [5.74, 6) is -0.120. The summed E-state index contributed by atoms with van der Waals surface area (Å²) in [4.78, 5) is 25.2. The number of hydrogen-bond acceptors (Lipinski definition) is 4. The smallest absolute Gasteiger partial charge is 0.251 e. The summed E-state index contributed by atoms with van der Waals surface area (Å²) < 4.78 is 1.78. The molecule has 28 heavy (non-hydrogen) atoms. The molecule has 8 heteroatoms. The van der Waals surface area contributed by atoms with E-state index >= 15 is 0 Å². The minimum absolute atomic E-state index is 0. The van der Waals surface area contributed by atoms with E-state index in [0.29, 0.717) is 31.5 Å². The van der Waals surface area contributed by atoms with Gasteiger partial charge < -0.3 is 16.0 Å². The highest BCUT2D eigenvalue weighted by atomic mass is 35.5. The average molecular weight is 406 g/mol. The van der Waals surface area contributed by atoms with Crippen molar-refractivity contribution in [1.82, 2.24) is 25.7 Å². The number of piperidine rings is 1. The molecule has 3 rings (SSSR count). The van der Waals surface area contributed by atoms with E-state index < -0.39 is 5.54 Å². The van der Waals surface area contributed by atoms with Crippen LogP contribution in [0, 0.1) is 0 Å². The van der Waals surface area contributed by atoms with Crippen LogP contribution in [-0.2, 0) is 16.9 Å². The van der Waals surface area contributed by atoms with Crippen molar-refractivity contribution in [3.63, 3.8) is 0 Å². The molecule has 1 aliphatic heterocycles. The summed E-state index contributed by atoms with van der Waals surface area (Å²) in [6.45, 7) is 4.60. The van der Waals surface area contributed by atoms with Gasteiger partial charge in [-0.2, -0.15) is 5.10 Å². The van der Waals surface area contributed by atoms with Crippen molar-refractivity contribution in [1.29, 1.82) is 0 Å². The molecule has 7 nitrogen and oxygen atoms in total. The van der Waals surface area contributed by atoms with Gasteiger partial charge in [0.05, 0.1) is 0 Å². The van der Waals surface area contributed by atoms with Crippen LogP contribution in [0.1, 0.15) is 42.1 Å². The first kappa shape index (κ1) is 21.9. The summed E-state index contributed by atoms with van der Waals surface area (Å²) >= 11 is 0. The molecule has 2 aromatic rings. The molecule has 3 N–H and O–H groups in total. The van der Waals surface area contributed by atoms with E-state index in [9.17, 15) is 9.59 Å². The van der Waals surface area contributed by atoms with Crippen LogP contribution in [0.25, 0.3) is 0 Å². The Labute approximate surface area is 171 Å². The van der Waals surface area contributed by atoms with Gasteiger partial charge in [0, 0.05) is 31.0 Å². The van der Waals surface area contributed by atoms with E-state index in [0.717, 1.165) is 25.1 Å². The van der Waals surface area contributed by atoms with Crippen LogP contribution in [-0.4, -0.2) is 41.2 Å². The van der Waals surface area contributed by atoms with Crippen LogP contribution >= 0.6 is 12.4 Å². The summed E-state index contributed by atoms with van der Waals surface area (Å²) in [6, 6.07) is 9.22. The Morgan fingerprint density at radius 2 is 2.00 bits per heavy atom. The Hall–Kier alpha value is -2.38. The maximum Gasteiger partial charge on any atom is 0.251 e. The van der Waals surface area contributed by atoms with Gasteiger partial charge in [-0.15, -0.1) is 12.4 Å². The van der Waals surface area contributed by atoms with Crippen LogP contribution in [0.2, 0.25) is 0 Å². The monoisotopic (exact) mass is 405 g/mol. The third-order valence-electron chi connectivity index (χ3n) is 4.97. The molecule has 1 saturated heterocycles. The molecule has 1 aliphatic rings. The van der Waals surface area contributed by atoms with Crippen molar-refractivity contribution in [3.05, 3.63) is 53.9 Å². The fourth-order valence-electron chi connectivity index (χ4n) is 3.43. The maximum absolute atomic E-state index is 13.1. The standard InChI is InChI=1S/C20H27N5O2.ClH/c1-2-9-22-18(26)17-6-3-5-16(14-17)15-23-19(27)20(7-11-21-12-8-20)25-13-4-10-24-25;/h3-6,10,13-14,21H,2,7-9,11-12,15H2,1H3,(H,22,26)(H,23,27);1H. The number of amides is 2. The molecule has 2 amide bonds. The third-order valence-corrected chi connectivity index (χ3v) is 4.97. The van der Waals surface area contributed by atoms with Gasteiger partial charge in [-0.05, 0) is 56.1 Å². The van der Waals surface area contributed by atoms with Gasteiger partial charge in [0.25, 0.3) is 5.91 Å². The minimum atomic E-state index is -0.662. The minimum Gasteiger partial charge on any atom is -0.352 e. The lowest BCUT2D eigenvalue weighted by Crippen LogP contribution is -2.54. The zero-order valence-electron chi connectivity index (χ0n) is 16.1. The molecule has 2 heterocycles. The SMILES string of the molecule is CCCNC(=O)c1cccc(CNC(=O)C2(n3cccn3)CCNCC2)c1.Cl. The summed E-state index contributed by atoms with van der Waals surface area (Å²) in [5.41, 5.74) is 0.848. The van der Waals surface area contributed by atoms with Crippen molar-refractivity contribution >= 4 is 24.2 Å². The van der Waals surface area contributed by atoms with Crippen molar-refractivity contribution in [2.24, 2.45) is 0 Å². The summed E-state index contributed by atoms with van der Waals surface area (Å²) in [7, 11) is 0. The number of carbonyl (C=O) groups is 2. The molecule has 0 atom stereocenters. The van der Waals surface area contributed by atoms with Gasteiger partial charge in [0.15, 0.2) is 0 Å². The first-order chi connectivity index (χ1) is 13.2. The first-order valence-corrected chi connectivity index (χ1v) is 9.52. The predicted molar refractivity (Wildman–Crippen MR) is 110 cm³/mol. The number of nitrogens with one attached hydrogen (secondary N) is 3. The number of rotatable bonds is 7. The van der Waals surface area contributed by atoms with Crippen LogP contribution < -0.4 is 16.0 Å². The largest absolute Gasteiger partial charge is 0.352 e. The molecule has 0 unspecified atom stereocenters. The molecule has 152 valence electrons. The Balaban J connectivity index is 0.00000280. The first-order valence-electron chi connectivity index (χ1n) is 9.52. The number of carbonyl (C=O) groups excluding carboxylic acids is 2. The van der Waals surface area contributed by atoms with E-state index in [1.54, 1.807) is 16.9 Å². The number of nitrogens with zero attached hydrogens (tertiary/aromatic N) is 2.